The van der Waals surface area contributed by atoms with Crippen molar-refractivity contribution in [2.75, 3.05) is 13.9 Å². The molecule has 2 rings (SSSR count). The van der Waals surface area contributed by atoms with Crippen molar-refractivity contribution in [2.24, 2.45) is 0 Å². The number of benzene rings is 1. The number of hydrogen-bond donors (Lipinski definition) is 1. The van der Waals surface area contributed by atoms with Gasteiger partial charge in [0.25, 0.3) is 0 Å². The van der Waals surface area contributed by atoms with Crippen LogP contribution in [-0.4, -0.2) is 13.9 Å². The van der Waals surface area contributed by atoms with Crippen LogP contribution in [0.15, 0.2) is 12.1 Å². The van der Waals surface area contributed by atoms with Gasteiger partial charge in [0.2, 0.25) is 6.79 Å². The van der Waals surface area contributed by atoms with Crippen LogP contribution >= 0.6 is 0 Å². The van der Waals surface area contributed by atoms with Crippen molar-refractivity contribution in [3.63, 3.8) is 0 Å². The van der Waals surface area contributed by atoms with Crippen LogP contribution in [-0.2, 0) is 11.4 Å². The summed E-state index contributed by atoms with van der Waals surface area (Å²) < 4.78 is 10.5. The summed E-state index contributed by atoms with van der Waals surface area (Å²) in [5.41, 5.74) is 5.11. The van der Waals surface area contributed by atoms with Crippen LogP contribution in [0.25, 0.3) is 0 Å². The van der Waals surface area contributed by atoms with Gasteiger partial charge in [-0.15, -0.1) is 0 Å². The predicted octanol–water partition coefficient (Wildman–Crippen LogP) is 1.37. The predicted molar refractivity (Wildman–Crippen MR) is 51.2 cm³/mol. The van der Waals surface area contributed by atoms with Gasteiger partial charge in [0.05, 0.1) is 7.11 Å². The van der Waals surface area contributed by atoms with E-state index in [1.807, 2.05) is 19.1 Å². The highest BCUT2D eigenvalue weighted by atomic mass is 16.7. The average molecular weight is 195 g/mol. The van der Waals surface area contributed by atoms with Gasteiger partial charge in [0, 0.05) is 6.54 Å². The lowest BCUT2D eigenvalue weighted by Gasteiger charge is -2.07. The van der Waals surface area contributed by atoms with E-state index >= 15 is 0 Å². The fraction of sp³-hybridized carbons (Fsp3) is 0.400. The van der Waals surface area contributed by atoms with Crippen molar-refractivity contribution in [1.29, 1.82) is 0 Å². The van der Waals surface area contributed by atoms with Crippen LogP contribution in [0.3, 0.4) is 0 Å². The smallest absolute Gasteiger partial charge is 0.231 e. The molecule has 0 radical (unpaired) electrons. The monoisotopic (exact) mass is 195 g/mol. The van der Waals surface area contributed by atoms with Gasteiger partial charge in [-0.05, 0) is 30.2 Å². The highest BCUT2D eigenvalue weighted by molar-refractivity contribution is 5.48. The summed E-state index contributed by atoms with van der Waals surface area (Å²) in [4.78, 5) is 4.80. The second-order valence-electron chi connectivity index (χ2n) is 3.16. The molecule has 0 saturated carbocycles. The summed E-state index contributed by atoms with van der Waals surface area (Å²) in [6.07, 6.45) is 0. The molecule has 4 heteroatoms. The Labute approximate surface area is 82.7 Å². The van der Waals surface area contributed by atoms with Crippen LogP contribution in [0.1, 0.15) is 11.1 Å². The lowest BCUT2D eigenvalue weighted by molar-refractivity contribution is 0.0865. The molecule has 76 valence electrons. The lowest BCUT2D eigenvalue weighted by atomic mass is 10.1. The molecule has 1 aliphatic rings. The molecule has 0 aliphatic carbocycles. The molecule has 0 aromatic heterocycles. The van der Waals surface area contributed by atoms with Crippen molar-refractivity contribution < 1.29 is 14.3 Å². The molecule has 1 N–H and O–H groups in total. The van der Waals surface area contributed by atoms with E-state index < -0.39 is 0 Å². The first kappa shape index (κ1) is 9.30. The van der Waals surface area contributed by atoms with Crippen molar-refractivity contribution in [3.05, 3.63) is 23.3 Å². The second-order valence-corrected chi connectivity index (χ2v) is 3.16. The molecule has 1 aromatic rings. The van der Waals surface area contributed by atoms with Crippen molar-refractivity contribution in [3.8, 4) is 11.5 Å². The van der Waals surface area contributed by atoms with Crippen molar-refractivity contribution >= 4 is 0 Å². The van der Waals surface area contributed by atoms with Gasteiger partial charge in [0.1, 0.15) is 0 Å². The van der Waals surface area contributed by atoms with E-state index in [-0.39, 0.29) is 0 Å². The Morgan fingerprint density at radius 2 is 2.07 bits per heavy atom. The second kappa shape index (κ2) is 3.86. The lowest BCUT2D eigenvalue weighted by Crippen LogP contribution is -2.11. The third kappa shape index (κ3) is 1.66. The average Bonchev–Trinajstić information content (AvgIpc) is 2.61. The standard InChI is InChI=1S/C10H13NO3/c1-7-3-9-10(14-6-13-9)4-8(7)5-11-12-2/h3-4,11H,5-6H2,1-2H3. The van der Waals surface area contributed by atoms with Gasteiger partial charge >= 0.3 is 0 Å². The molecular formula is C10H13NO3. The van der Waals surface area contributed by atoms with E-state index in [1.165, 1.54) is 5.56 Å². The van der Waals surface area contributed by atoms with Crippen LogP contribution < -0.4 is 15.0 Å². The van der Waals surface area contributed by atoms with Gasteiger partial charge in [-0.1, -0.05) is 0 Å². The summed E-state index contributed by atoms with van der Waals surface area (Å²) in [6.45, 7) is 3.02. The topological polar surface area (TPSA) is 39.7 Å². The zero-order chi connectivity index (χ0) is 9.97. The molecule has 0 bridgehead atoms. The zero-order valence-corrected chi connectivity index (χ0v) is 8.29. The first-order chi connectivity index (χ1) is 6.81. The third-order valence-corrected chi connectivity index (χ3v) is 2.24. The molecule has 0 fully saturated rings. The quantitative estimate of drug-likeness (QED) is 0.739. The molecule has 0 amide bonds. The molecule has 4 nitrogen and oxygen atoms in total. The van der Waals surface area contributed by atoms with Crippen LogP contribution in [0.2, 0.25) is 0 Å². The molecule has 1 aliphatic heterocycles. The van der Waals surface area contributed by atoms with Gasteiger partial charge < -0.3 is 14.3 Å². The van der Waals surface area contributed by atoms with Crippen LogP contribution in [0, 0.1) is 6.92 Å². The van der Waals surface area contributed by atoms with Gasteiger partial charge in [0.15, 0.2) is 11.5 Å². The molecule has 14 heavy (non-hydrogen) atoms. The summed E-state index contributed by atoms with van der Waals surface area (Å²) in [5, 5.41) is 0. The SMILES string of the molecule is CONCc1cc2c(cc1C)OCO2. The molecule has 1 heterocycles. The summed E-state index contributed by atoms with van der Waals surface area (Å²) in [5.74, 6) is 1.63. The maximum Gasteiger partial charge on any atom is 0.231 e. The molecule has 0 unspecified atom stereocenters. The van der Waals surface area contributed by atoms with E-state index in [1.54, 1.807) is 7.11 Å². The summed E-state index contributed by atoms with van der Waals surface area (Å²) >= 11 is 0. The molecular weight excluding hydrogens is 182 g/mol. The number of nitrogens with one attached hydrogen (secondary N) is 1. The first-order valence-electron chi connectivity index (χ1n) is 4.46. The summed E-state index contributed by atoms with van der Waals surface area (Å²) in [7, 11) is 1.60. The fourth-order valence-electron chi connectivity index (χ4n) is 1.43. The number of hydrogen-bond acceptors (Lipinski definition) is 4. The van der Waals surface area contributed by atoms with Gasteiger partial charge in [-0.25, -0.2) is 0 Å². The Morgan fingerprint density at radius 1 is 1.36 bits per heavy atom. The largest absolute Gasteiger partial charge is 0.454 e. The first-order valence-corrected chi connectivity index (χ1v) is 4.46. The Morgan fingerprint density at radius 3 is 2.79 bits per heavy atom. The van der Waals surface area contributed by atoms with Crippen molar-refractivity contribution in [1.82, 2.24) is 5.48 Å². The number of rotatable bonds is 3. The third-order valence-electron chi connectivity index (χ3n) is 2.24. The Hall–Kier alpha value is -1.26. The molecule has 0 saturated heterocycles. The fourth-order valence-corrected chi connectivity index (χ4v) is 1.43. The Kier molecular flexibility index (Phi) is 2.56. The minimum atomic E-state index is 0.315. The number of fused-ring (bicyclic) bond motifs is 1. The van der Waals surface area contributed by atoms with Gasteiger partial charge in [-0.3, -0.25) is 0 Å². The zero-order valence-electron chi connectivity index (χ0n) is 8.29. The van der Waals surface area contributed by atoms with Crippen molar-refractivity contribution in [2.45, 2.75) is 13.5 Å². The molecule has 0 atom stereocenters. The maximum atomic E-state index is 5.28. The molecule has 0 spiro atoms. The Bertz CT molecular complexity index is 338. The number of aryl methyl sites for hydroxylation is 1. The van der Waals surface area contributed by atoms with E-state index in [4.69, 9.17) is 14.3 Å². The minimum absolute atomic E-state index is 0.315. The van der Waals surface area contributed by atoms with E-state index in [9.17, 15) is 0 Å². The Balaban J connectivity index is 2.23. The summed E-state index contributed by atoms with van der Waals surface area (Å²) in [6, 6.07) is 3.96. The van der Waals surface area contributed by atoms with E-state index in [0.717, 1.165) is 17.1 Å². The highest BCUT2D eigenvalue weighted by Gasteiger charge is 2.15. The maximum absolute atomic E-state index is 5.28. The normalized spacial score (nSPS) is 13.3. The van der Waals surface area contributed by atoms with E-state index in [0.29, 0.717) is 13.3 Å². The minimum Gasteiger partial charge on any atom is -0.454 e. The van der Waals surface area contributed by atoms with E-state index in [2.05, 4.69) is 5.48 Å². The van der Waals surface area contributed by atoms with Crippen LogP contribution in [0.4, 0.5) is 0 Å². The van der Waals surface area contributed by atoms with Gasteiger partial charge in [-0.2, -0.15) is 5.48 Å². The number of hydroxylamine groups is 1. The molecule has 1 aromatic carbocycles. The number of ether oxygens (including phenoxy) is 2. The highest BCUT2D eigenvalue weighted by Crippen LogP contribution is 2.34. The van der Waals surface area contributed by atoms with Crippen LogP contribution in [0.5, 0.6) is 11.5 Å².